The summed E-state index contributed by atoms with van der Waals surface area (Å²) < 4.78 is 0. The Morgan fingerprint density at radius 2 is 1.50 bits per heavy atom. The Hall–Kier alpha value is -1.06. The van der Waals surface area contributed by atoms with Crippen molar-refractivity contribution < 1.29 is 9.59 Å². The van der Waals surface area contributed by atoms with Gasteiger partial charge in [0.1, 0.15) is 12.1 Å². The second-order valence-electron chi connectivity index (χ2n) is 7.22. The molecule has 116 valence electrons. The number of carbonyl (C=O) groups is 2. The predicted molar refractivity (Wildman–Crippen MR) is 81.2 cm³/mol. The number of rotatable bonds is 6. The van der Waals surface area contributed by atoms with Crippen molar-refractivity contribution in [2.24, 2.45) is 17.8 Å². The highest BCUT2D eigenvalue weighted by Gasteiger charge is 2.40. The molecule has 2 atom stereocenters. The maximum atomic E-state index is 12.6. The Morgan fingerprint density at radius 1 is 0.950 bits per heavy atom. The van der Waals surface area contributed by atoms with Crippen LogP contribution in [0, 0.1) is 17.8 Å². The lowest BCUT2D eigenvalue weighted by molar-refractivity contribution is -0.151. The molecule has 0 saturated carbocycles. The molecule has 1 saturated heterocycles. The lowest BCUT2D eigenvalue weighted by Gasteiger charge is -2.41. The maximum Gasteiger partial charge on any atom is 0.245 e. The first-order valence-electron chi connectivity index (χ1n) is 7.83. The van der Waals surface area contributed by atoms with Crippen LogP contribution in [0.15, 0.2) is 0 Å². The number of nitrogens with zero attached hydrogens (tertiary/aromatic N) is 1. The van der Waals surface area contributed by atoms with Gasteiger partial charge < -0.3 is 10.2 Å². The van der Waals surface area contributed by atoms with Crippen molar-refractivity contribution in [1.29, 1.82) is 0 Å². The van der Waals surface area contributed by atoms with E-state index >= 15 is 0 Å². The number of nitrogens with one attached hydrogen (secondary N) is 1. The summed E-state index contributed by atoms with van der Waals surface area (Å²) in [7, 11) is 0. The van der Waals surface area contributed by atoms with E-state index in [0.717, 1.165) is 6.42 Å². The fourth-order valence-electron chi connectivity index (χ4n) is 2.75. The highest BCUT2D eigenvalue weighted by Crippen LogP contribution is 2.21. The van der Waals surface area contributed by atoms with E-state index < -0.39 is 0 Å². The first-order chi connectivity index (χ1) is 9.22. The minimum Gasteiger partial charge on any atom is -0.342 e. The molecule has 1 N–H and O–H groups in total. The molecule has 0 aliphatic carbocycles. The van der Waals surface area contributed by atoms with Gasteiger partial charge in [-0.15, -0.1) is 0 Å². The molecule has 0 aromatic rings. The van der Waals surface area contributed by atoms with Crippen molar-refractivity contribution in [3.05, 3.63) is 0 Å². The zero-order valence-electron chi connectivity index (χ0n) is 13.8. The largest absolute Gasteiger partial charge is 0.342 e. The summed E-state index contributed by atoms with van der Waals surface area (Å²) in [5.41, 5.74) is 0. The van der Waals surface area contributed by atoms with Crippen LogP contribution in [0.25, 0.3) is 0 Å². The van der Waals surface area contributed by atoms with E-state index in [2.05, 4.69) is 46.9 Å². The van der Waals surface area contributed by atoms with Crippen LogP contribution in [-0.2, 0) is 9.59 Å². The third kappa shape index (κ3) is 4.50. The summed E-state index contributed by atoms with van der Waals surface area (Å²) in [4.78, 5) is 26.8. The van der Waals surface area contributed by atoms with Crippen LogP contribution in [0.5, 0.6) is 0 Å². The highest BCUT2D eigenvalue weighted by atomic mass is 16.2. The molecule has 1 heterocycles. The van der Waals surface area contributed by atoms with Gasteiger partial charge in [0, 0.05) is 6.54 Å². The zero-order chi connectivity index (χ0) is 15.4. The number of hydrogen-bond acceptors (Lipinski definition) is 2. The van der Waals surface area contributed by atoms with Crippen LogP contribution in [0.1, 0.15) is 54.4 Å². The zero-order valence-corrected chi connectivity index (χ0v) is 13.8. The van der Waals surface area contributed by atoms with Gasteiger partial charge in [-0.25, -0.2) is 0 Å². The molecule has 4 heteroatoms. The molecule has 0 bridgehead atoms. The summed E-state index contributed by atoms with van der Waals surface area (Å²) in [5.74, 6) is 1.28. The Bertz CT molecular complexity index is 350. The first kappa shape index (κ1) is 17.0. The molecule has 2 amide bonds. The van der Waals surface area contributed by atoms with Gasteiger partial charge >= 0.3 is 0 Å². The molecule has 1 aliphatic rings. The SMILES string of the molecule is CC(C)CC1NC(=O)C(CC(C)C)N(CC(C)C)C1=O. The Morgan fingerprint density at radius 3 is 1.95 bits per heavy atom. The summed E-state index contributed by atoms with van der Waals surface area (Å²) in [6, 6.07) is -0.641. The number of amides is 2. The van der Waals surface area contributed by atoms with Crippen LogP contribution in [0.4, 0.5) is 0 Å². The van der Waals surface area contributed by atoms with Gasteiger partial charge in [-0.3, -0.25) is 9.59 Å². The van der Waals surface area contributed by atoms with E-state index in [1.807, 2.05) is 4.90 Å². The van der Waals surface area contributed by atoms with E-state index in [-0.39, 0.29) is 23.9 Å². The van der Waals surface area contributed by atoms with Crippen molar-refractivity contribution in [2.45, 2.75) is 66.5 Å². The number of carbonyl (C=O) groups excluding carboxylic acids is 2. The van der Waals surface area contributed by atoms with Crippen LogP contribution in [0.2, 0.25) is 0 Å². The fourth-order valence-corrected chi connectivity index (χ4v) is 2.75. The molecule has 0 aromatic heterocycles. The Balaban J connectivity index is 2.91. The van der Waals surface area contributed by atoms with Gasteiger partial charge in [0.15, 0.2) is 0 Å². The third-order valence-electron chi connectivity index (χ3n) is 3.54. The second-order valence-corrected chi connectivity index (χ2v) is 7.22. The Labute approximate surface area is 123 Å². The smallest absolute Gasteiger partial charge is 0.245 e. The normalized spacial score (nSPS) is 23.9. The molecule has 2 unspecified atom stereocenters. The highest BCUT2D eigenvalue weighted by molar-refractivity contribution is 5.97. The number of piperazine rings is 1. The van der Waals surface area contributed by atoms with Gasteiger partial charge in [0.25, 0.3) is 0 Å². The van der Waals surface area contributed by atoms with Crippen LogP contribution >= 0.6 is 0 Å². The van der Waals surface area contributed by atoms with Crippen molar-refractivity contribution in [2.75, 3.05) is 6.54 Å². The van der Waals surface area contributed by atoms with E-state index in [1.54, 1.807) is 0 Å². The summed E-state index contributed by atoms with van der Waals surface area (Å²) in [6.45, 7) is 13.2. The lowest BCUT2D eigenvalue weighted by Crippen LogP contribution is -2.64. The molecule has 1 aliphatic heterocycles. The van der Waals surface area contributed by atoms with Gasteiger partial charge in [0.05, 0.1) is 0 Å². The molecule has 0 radical (unpaired) electrons. The Kier molecular flexibility index (Phi) is 6.03. The van der Waals surface area contributed by atoms with Gasteiger partial charge in [-0.05, 0) is 30.6 Å². The average Bonchev–Trinajstić information content (AvgIpc) is 2.28. The molecular weight excluding hydrogens is 252 g/mol. The second kappa shape index (κ2) is 7.09. The van der Waals surface area contributed by atoms with Gasteiger partial charge in [-0.1, -0.05) is 41.5 Å². The minimum absolute atomic E-state index is 0.0181. The van der Waals surface area contributed by atoms with E-state index in [9.17, 15) is 9.59 Å². The molecule has 0 aromatic carbocycles. The molecule has 1 rings (SSSR count). The third-order valence-corrected chi connectivity index (χ3v) is 3.54. The van der Waals surface area contributed by atoms with Crippen molar-refractivity contribution in [1.82, 2.24) is 10.2 Å². The molecule has 4 nitrogen and oxygen atoms in total. The van der Waals surface area contributed by atoms with Gasteiger partial charge in [-0.2, -0.15) is 0 Å². The summed E-state index contributed by atoms with van der Waals surface area (Å²) >= 11 is 0. The molecule has 0 spiro atoms. The van der Waals surface area contributed by atoms with Gasteiger partial charge in [0.2, 0.25) is 11.8 Å². The summed E-state index contributed by atoms with van der Waals surface area (Å²) in [5, 5.41) is 2.93. The van der Waals surface area contributed by atoms with E-state index in [0.29, 0.717) is 30.7 Å². The molecular formula is C16H30N2O2. The van der Waals surface area contributed by atoms with Crippen molar-refractivity contribution in [3.63, 3.8) is 0 Å². The first-order valence-corrected chi connectivity index (χ1v) is 7.83. The standard InChI is InChI=1S/C16H30N2O2/c1-10(2)7-13-16(20)18(9-12(5)6)14(8-11(3)4)15(19)17-13/h10-14H,7-9H2,1-6H3,(H,17,19). The van der Waals surface area contributed by atoms with Crippen molar-refractivity contribution in [3.8, 4) is 0 Å². The summed E-state index contributed by atoms with van der Waals surface area (Å²) in [6.07, 6.45) is 1.45. The fraction of sp³-hybridized carbons (Fsp3) is 0.875. The molecule has 1 fully saturated rings. The monoisotopic (exact) mass is 282 g/mol. The topological polar surface area (TPSA) is 49.4 Å². The lowest BCUT2D eigenvalue weighted by atomic mass is 9.93. The number of hydrogen-bond donors (Lipinski definition) is 1. The maximum absolute atomic E-state index is 12.6. The van der Waals surface area contributed by atoms with E-state index in [1.165, 1.54) is 0 Å². The quantitative estimate of drug-likeness (QED) is 0.813. The molecule has 20 heavy (non-hydrogen) atoms. The van der Waals surface area contributed by atoms with Crippen LogP contribution in [-0.4, -0.2) is 35.3 Å². The van der Waals surface area contributed by atoms with Crippen LogP contribution in [0.3, 0.4) is 0 Å². The van der Waals surface area contributed by atoms with E-state index in [4.69, 9.17) is 0 Å². The minimum atomic E-state index is -0.343. The van der Waals surface area contributed by atoms with Crippen LogP contribution < -0.4 is 5.32 Å². The van der Waals surface area contributed by atoms with Crippen molar-refractivity contribution >= 4 is 11.8 Å². The predicted octanol–water partition coefficient (Wildman–Crippen LogP) is 2.43. The average molecular weight is 282 g/mol.